The average molecular weight is 496 g/mol. The van der Waals surface area contributed by atoms with Crippen LogP contribution in [0.25, 0.3) is 11.3 Å². The van der Waals surface area contributed by atoms with E-state index in [4.69, 9.17) is 0 Å². The third kappa shape index (κ3) is 5.27. The van der Waals surface area contributed by atoms with Crippen LogP contribution in [0.15, 0.2) is 41.5 Å². The summed E-state index contributed by atoms with van der Waals surface area (Å²) in [4.78, 5) is 31.4. The summed E-state index contributed by atoms with van der Waals surface area (Å²) in [5, 5.41) is 11.8. The molecule has 2 atom stereocenters. The zero-order valence-electron chi connectivity index (χ0n) is 19.5. The van der Waals surface area contributed by atoms with Crippen LogP contribution in [0.2, 0.25) is 0 Å². The maximum Gasteiger partial charge on any atom is 0.389 e. The molecule has 2 aromatic rings. The topological polar surface area (TPSA) is 75.4 Å². The van der Waals surface area contributed by atoms with Gasteiger partial charge in [-0.25, -0.2) is 9.37 Å². The van der Waals surface area contributed by atoms with Crippen molar-refractivity contribution in [3.8, 4) is 11.3 Å². The fraction of sp³-hybridized carbons (Fsp3) is 0.560. The lowest BCUT2D eigenvalue weighted by atomic mass is 9.65. The summed E-state index contributed by atoms with van der Waals surface area (Å²) < 4.78 is 53.3. The van der Waals surface area contributed by atoms with Gasteiger partial charge < -0.3 is 10.0 Å². The predicted molar refractivity (Wildman–Crippen MR) is 121 cm³/mol. The first-order chi connectivity index (χ1) is 16.4. The normalized spacial score (nSPS) is 23.0. The highest BCUT2D eigenvalue weighted by atomic mass is 19.4. The van der Waals surface area contributed by atoms with Gasteiger partial charge in [-0.15, -0.1) is 0 Å². The van der Waals surface area contributed by atoms with Crippen molar-refractivity contribution < 1.29 is 27.5 Å². The fourth-order valence-corrected chi connectivity index (χ4v) is 5.67. The Morgan fingerprint density at radius 1 is 1.20 bits per heavy atom. The van der Waals surface area contributed by atoms with E-state index in [2.05, 4.69) is 4.98 Å². The third-order valence-corrected chi connectivity index (χ3v) is 7.54. The molecule has 2 aliphatic rings. The summed E-state index contributed by atoms with van der Waals surface area (Å²) in [6, 6.07) is 7.02. The smallest absolute Gasteiger partial charge is 0.387 e. The molecule has 4 rings (SSSR count). The Morgan fingerprint density at radius 2 is 1.91 bits per heavy atom. The van der Waals surface area contributed by atoms with E-state index in [0.29, 0.717) is 24.1 Å². The van der Waals surface area contributed by atoms with Gasteiger partial charge in [0.15, 0.2) is 0 Å². The van der Waals surface area contributed by atoms with Gasteiger partial charge in [-0.05, 0) is 31.4 Å². The molecule has 1 N–H and O–H groups in total. The molecule has 1 saturated carbocycles. The molecule has 1 aliphatic carbocycles. The minimum absolute atomic E-state index is 0.0393. The summed E-state index contributed by atoms with van der Waals surface area (Å²) in [5.41, 5.74) is -1.66. The molecule has 1 saturated heterocycles. The minimum Gasteiger partial charge on any atom is -0.387 e. The molecule has 1 aliphatic heterocycles. The standard InChI is InChI=1S/C25H29F4N3O3/c1-17(13-25(27,28)29)22(34)31-10-9-24(35,23(14-31)7-2-3-8-23)15-32-16-30-20(12-21(32)33)18-5-4-6-19(26)11-18/h4-6,11-12,16-17,35H,2-3,7-10,13-15H2,1H3/t17-,24-/m1/s1. The number of alkyl halides is 3. The summed E-state index contributed by atoms with van der Waals surface area (Å²) >= 11 is 0. The van der Waals surface area contributed by atoms with Crippen LogP contribution in [0.1, 0.15) is 45.4 Å². The number of nitrogens with zero attached hydrogens (tertiary/aromatic N) is 3. The fourth-order valence-electron chi connectivity index (χ4n) is 5.67. The number of carbonyl (C=O) groups is 1. The van der Waals surface area contributed by atoms with Gasteiger partial charge in [0.05, 0.1) is 30.6 Å². The number of carbonyl (C=O) groups excluding carboxylic acids is 1. The number of hydrogen-bond donors (Lipinski definition) is 1. The minimum atomic E-state index is -4.43. The molecule has 6 nitrogen and oxygen atoms in total. The zero-order valence-corrected chi connectivity index (χ0v) is 19.5. The van der Waals surface area contributed by atoms with E-state index >= 15 is 0 Å². The van der Waals surface area contributed by atoms with Crippen molar-refractivity contribution >= 4 is 5.91 Å². The largest absolute Gasteiger partial charge is 0.389 e. The predicted octanol–water partition coefficient (Wildman–Crippen LogP) is 4.16. The molecule has 2 fully saturated rings. The highest BCUT2D eigenvalue weighted by Crippen LogP contribution is 2.51. The molecule has 0 bridgehead atoms. The summed E-state index contributed by atoms with van der Waals surface area (Å²) in [6.45, 7) is 1.52. The summed E-state index contributed by atoms with van der Waals surface area (Å²) in [6.07, 6.45) is -1.25. The van der Waals surface area contributed by atoms with E-state index in [9.17, 15) is 32.3 Å². The number of hydrogen-bond acceptors (Lipinski definition) is 4. The maximum absolute atomic E-state index is 13.6. The van der Waals surface area contributed by atoms with Crippen LogP contribution in [-0.4, -0.2) is 50.3 Å². The Morgan fingerprint density at radius 3 is 2.54 bits per heavy atom. The molecule has 1 aromatic carbocycles. The Kier molecular flexibility index (Phi) is 6.78. The second-order valence-electron chi connectivity index (χ2n) is 10.00. The van der Waals surface area contributed by atoms with Crippen molar-refractivity contribution in [2.75, 3.05) is 13.1 Å². The number of amides is 1. The zero-order chi connectivity index (χ0) is 25.4. The number of benzene rings is 1. The van der Waals surface area contributed by atoms with Crippen molar-refractivity contribution in [1.29, 1.82) is 0 Å². The van der Waals surface area contributed by atoms with E-state index in [0.717, 1.165) is 12.8 Å². The molecule has 1 aromatic heterocycles. The molecule has 0 unspecified atom stereocenters. The van der Waals surface area contributed by atoms with Crippen molar-refractivity contribution in [3.63, 3.8) is 0 Å². The first-order valence-electron chi connectivity index (χ1n) is 11.8. The Hall–Kier alpha value is -2.75. The van der Waals surface area contributed by atoms with Gasteiger partial charge >= 0.3 is 6.18 Å². The summed E-state index contributed by atoms with van der Waals surface area (Å²) in [5.74, 6) is -2.20. The van der Waals surface area contributed by atoms with Gasteiger partial charge in [-0.3, -0.25) is 14.2 Å². The van der Waals surface area contributed by atoms with Crippen LogP contribution >= 0.6 is 0 Å². The Balaban J connectivity index is 1.55. The van der Waals surface area contributed by atoms with E-state index in [1.54, 1.807) is 6.07 Å². The lowest BCUT2D eigenvalue weighted by Gasteiger charge is -2.52. The number of rotatable bonds is 5. The van der Waals surface area contributed by atoms with Crippen LogP contribution in [-0.2, 0) is 11.3 Å². The van der Waals surface area contributed by atoms with Crippen molar-refractivity contribution in [1.82, 2.24) is 14.5 Å². The first-order valence-corrected chi connectivity index (χ1v) is 11.8. The van der Waals surface area contributed by atoms with Gasteiger partial charge in [0.25, 0.3) is 5.56 Å². The molecule has 35 heavy (non-hydrogen) atoms. The van der Waals surface area contributed by atoms with Crippen molar-refractivity contribution in [2.45, 2.75) is 63.8 Å². The molecule has 10 heteroatoms. The number of piperidine rings is 1. The molecule has 2 heterocycles. The van der Waals surface area contributed by atoms with E-state index in [1.807, 2.05) is 0 Å². The van der Waals surface area contributed by atoms with E-state index < -0.39 is 46.8 Å². The van der Waals surface area contributed by atoms with Gasteiger partial charge in [0.2, 0.25) is 5.91 Å². The van der Waals surface area contributed by atoms with Crippen LogP contribution in [0.5, 0.6) is 0 Å². The maximum atomic E-state index is 13.6. The van der Waals surface area contributed by atoms with E-state index in [-0.39, 0.29) is 26.1 Å². The van der Waals surface area contributed by atoms with Crippen molar-refractivity contribution in [2.24, 2.45) is 11.3 Å². The average Bonchev–Trinajstić information content (AvgIpc) is 3.25. The Bertz CT molecular complexity index is 1140. The van der Waals surface area contributed by atoms with Gasteiger partial charge in [-0.1, -0.05) is 31.9 Å². The second-order valence-corrected chi connectivity index (χ2v) is 10.00. The lowest BCUT2D eigenvalue weighted by molar-refractivity contribution is -0.172. The third-order valence-electron chi connectivity index (χ3n) is 7.54. The summed E-state index contributed by atoms with van der Waals surface area (Å²) in [7, 11) is 0. The van der Waals surface area contributed by atoms with E-state index in [1.165, 1.54) is 47.0 Å². The highest BCUT2D eigenvalue weighted by Gasteiger charge is 2.56. The quantitative estimate of drug-likeness (QED) is 0.632. The monoisotopic (exact) mass is 495 g/mol. The number of aliphatic hydroxyl groups is 1. The molecule has 190 valence electrons. The molecular formula is C25H29F4N3O3. The SMILES string of the molecule is C[C@H](CC(F)(F)F)C(=O)N1CC[C@@](O)(Cn2cnc(-c3cccc(F)c3)cc2=O)C2(CCCC2)C1. The first kappa shape index (κ1) is 25.3. The van der Waals surface area contributed by atoms with Gasteiger partial charge in [0.1, 0.15) is 5.82 Å². The van der Waals surface area contributed by atoms with Gasteiger partial charge in [-0.2, -0.15) is 13.2 Å². The second kappa shape index (κ2) is 9.37. The number of aromatic nitrogens is 2. The number of likely N-dealkylation sites (tertiary alicyclic amines) is 1. The van der Waals surface area contributed by atoms with Crippen LogP contribution in [0.4, 0.5) is 17.6 Å². The molecule has 0 radical (unpaired) electrons. The molecule has 1 amide bonds. The molecular weight excluding hydrogens is 466 g/mol. The van der Waals surface area contributed by atoms with Gasteiger partial charge in [0, 0.05) is 36.1 Å². The lowest BCUT2D eigenvalue weighted by Crippen LogP contribution is -2.62. The number of halogens is 4. The highest BCUT2D eigenvalue weighted by molar-refractivity contribution is 5.78. The van der Waals surface area contributed by atoms with Crippen LogP contribution in [0, 0.1) is 17.2 Å². The van der Waals surface area contributed by atoms with Crippen LogP contribution < -0.4 is 5.56 Å². The van der Waals surface area contributed by atoms with Crippen LogP contribution in [0.3, 0.4) is 0 Å². The molecule has 1 spiro atoms. The van der Waals surface area contributed by atoms with Crippen molar-refractivity contribution in [3.05, 3.63) is 52.8 Å². The Labute approximate surface area is 200 Å².